The zero-order valence-electron chi connectivity index (χ0n) is 10.2. The molecule has 0 aliphatic carbocycles. The van der Waals surface area contributed by atoms with Crippen molar-refractivity contribution in [3.05, 3.63) is 28.8 Å². The van der Waals surface area contributed by atoms with Crippen molar-refractivity contribution in [2.24, 2.45) is 0 Å². The molecule has 0 radical (unpaired) electrons. The van der Waals surface area contributed by atoms with Gasteiger partial charge in [-0.15, -0.1) is 0 Å². The van der Waals surface area contributed by atoms with E-state index in [0.29, 0.717) is 0 Å². The minimum Gasteiger partial charge on any atom is -0.478 e. The largest absolute Gasteiger partial charge is 0.478 e. The van der Waals surface area contributed by atoms with E-state index in [9.17, 15) is 4.79 Å². The number of aromatic carboxylic acids is 1. The highest BCUT2D eigenvalue weighted by atomic mass is 35.5. The monoisotopic (exact) mass is 269 g/mol. The molecular weight excluding hydrogens is 254 g/mol. The van der Waals surface area contributed by atoms with E-state index in [1.54, 1.807) is 12.1 Å². The summed E-state index contributed by atoms with van der Waals surface area (Å²) in [5.41, 5.74) is 1.03. The molecule has 1 N–H and O–H groups in total. The maximum atomic E-state index is 10.9. The van der Waals surface area contributed by atoms with Crippen molar-refractivity contribution in [1.82, 2.24) is 0 Å². The van der Waals surface area contributed by atoms with E-state index in [-0.39, 0.29) is 16.7 Å². The number of carbonyl (C=O) groups is 1. The fourth-order valence-corrected chi connectivity index (χ4v) is 2.37. The Bertz CT molecular complexity index is 444. The molecule has 1 atom stereocenters. The van der Waals surface area contributed by atoms with Crippen LogP contribution >= 0.6 is 11.6 Å². The Morgan fingerprint density at radius 1 is 1.61 bits per heavy atom. The summed E-state index contributed by atoms with van der Waals surface area (Å²) in [5.74, 6) is -1.01. The van der Waals surface area contributed by atoms with Crippen LogP contribution in [0.25, 0.3) is 0 Å². The SMILES string of the molecule is CN(CC1CCCO1)c1ccc(C(=O)O)c(Cl)c1. The zero-order chi connectivity index (χ0) is 13.1. The molecule has 5 heteroatoms. The molecule has 0 spiro atoms. The molecule has 0 bridgehead atoms. The fraction of sp³-hybridized carbons (Fsp3) is 0.462. The minimum absolute atomic E-state index is 0.130. The van der Waals surface area contributed by atoms with Crippen molar-refractivity contribution < 1.29 is 14.6 Å². The van der Waals surface area contributed by atoms with Gasteiger partial charge in [0.05, 0.1) is 16.7 Å². The molecule has 1 saturated heterocycles. The zero-order valence-corrected chi connectivity index (χ0v) is 11.0. The van der Waals surface area contributed by atoms with Gasteiger partial charge in [0.2, 0.25) is 0 Å². The van der Waals surface area contributed by atoms with Gasteiger partial charge in [-0.2, -0.15) is 0 Å². The number of carboxylic acid groups (broad SMARTS) is 1. The molecule has 0 aromatic heterocycles. The first-order valence-corrected chi connectivity index (χ1v) is 6.31. The summed E-state index contributed by atoms with van der Waals surface area (Å²) in [4.78, 5) is 12.9. The Kier molecular flexibility index (Phi) is 4.09. The number of hydrogen-bond acceptors (Lipinski definition) is 3. The molecule has 0 amide bonds. The lowest BCUT2D eigenvalue weighted by Gasteiger charge is -2.23. The number of nitrogens with zero attached hydrogens (tertiary/aromatic N) is 1. The van der Waals surface area contributed by atoms with Crippen LogP contribution in [0.4, 0.5) is 5.69 Å². The number of likely N-dealkylation sites (N-methyl/N-ethyl adjacent to an activating group) is 1. The third kappa shape index (κ3) is 2.94. The highest BCUT2D eigenvalue weighted by Gasteiger charge is 2.18. The lowest BCUT2D eigenvalue weighted by molar-refractivity contribution is 0.0697. The number of halogens is 1. The first-order valence-electron chi connectivity index (χ1n) is 5.93. The molecule has 1 aromatic rings. The van der Waals surface area contributed by atoms with Gasteiger partial charge >= 0.3 is 5.97 Å². The predicted octanol–water partition coefficient (Wildman–Crippen LogP) is 2.65. The Labute approximate surface area is 111 Å². The highest BCUT2D eigenvalue weighted by Crippen LogP contribution is 2.24. The van der Waals surface area contributed by atoms with Crippen LogP contribution in [0.2, 0.25) is 5.02 Å². The lowest BCUT2D eigenvalue weighted by atomic mass is 10.2. The van der Waals surface area contributed by atoms with Crippen molar-refractivity contribution >= 4 is 23.3 Å². The molecule has 1 aliphatic rings. The quantitative estimate of drug-likeness (QED) is 0.913. The molecule has 1 aliphatic heterocycles. The predicted molar refractivity (Wildman–Crippen MR) is 70.7 cm³/mol. The Hall–Kier alpha value is -1.26. The van der Waals surface area contributed by atoms with E-state index in [1.165, 1.54) is 6.07 Å². The maximum Gasteiger partial charge on any atom is 0.337 e. The highest BCUT2D eigenvalue weighted by molar-refractivity contribution is 6.33. The number of hydrogen-bond donors (Lipinski definition) is 1. The summed E-state index contributed by atoms with van der Waals surface area (Å²) in [5, 5.41) is 9.17. The normalized spacial score (nSPS) is 18.9. The lowest BCUT2D eigenvalue weighted by Crippen LogP contribution is -2.28. The van der Waals surface area contributed by atoms with E-state index in [4.69, 9.17) is 21.4 Å². The van der Waals surface area contributed by atoms with Gasteiger partial charge in [0.1, 0.15) is 0 Å². The van der Waals surface area contributed by atoms with Gasteiger partial charge in [-0.05, 0) is 31.0 Å². The third-order valence-corrected chi connectivity index (χ3v) is 3.44. The number of ether oxygens (including phenoxy) is 1. The smallest absolute Gasteiger partial charge is 0.337 e. The van der Waals surface area contributed by atoms with Gasteiger partial charge < -0.3 is 14.7 Å². The van der Waals surface area contributed by atoms with E-state index in [2.05, 4.69) is 0 Å². The summed E-state index contributed by atoms with van der Waals surface area (Å²) in [6.07, 6.45) is 2.44. The van der Waals surface area contributed by atoms with Gasteiger partial charge in [-0.1, -0.05) is 11.6 Å². The Morgan fingerprint density at radius 3 is 2.94 bits per heavy atom. The third-order valence-electron chi connectivity index (χ3n) is 3.13. The summed E-state index contributed by atoms with van der Waals surface area (Å²) in [6, 6.07) is 4.98. The van der Waals surface area contributed by atoms with Crippen LogP contribution in [0, 0.1) is 0 Å². The fourth-order valence-electron chi connectivity index (χ4n) is 2.11. The summed E-state index contributed by atoms with van der Waals surface area (Å²) in [7, 11) is 1.95. The standard InChI is InChI=1S/C13H16ClNO3/c1-15(8-10-3-2-6-18-10)9-4-5-11(13(16)17)12(14)7-9/h4-5,7,10H,2-3,6,8H2,1H3,(H,16,17). The molecule has 18 heavy (non-hydrogen) atoms. The second-order valence-electron chi connectivity index (χ2n) is 4.48. The average molecular weight is 270 g/mol. The molecule has 1 unspecified atom stereocenters. The number of anilines is 1. The van der Waals surface area contributed by atoms with E-state index >= 15 is 0 Å². The summed E-state index contributed by atoms with van der Waals surface area (Å²) in [6.45, 7) is 1.62. The molecular formula is C13H16ClNO3. The van der Waals surface area contributed by atoms with E-state index in [1.807, 2.05) is 11.9 Å². The molecule has 1 fully saturated rings. The minimum atomic E-state index is -1.01. The van der Waals surface area contributed by atoms with Crippen LogP contribution in [0.1, 0.15) is 23.2 Å². The molecule has 1 aromatic carbocycles. The van der Waals surface area contributed by atoms with Gasteiger partial charge in [-0.3, -0.25) is 0 Å². The maximum absolute atomic E-state index is 10.9. The van der Waals surface area contributed by atoms with Gasteiger partial charge in [-0.25, -0.2) is 4.79 Å². The van der Waals surface area contributed by atoms with E-state index in [0.717, 1.165) is 31.7 Å². The Balaban J connectivity index is 2.08. The average Bonchev–Trinajstić information content (AvgIpc) is 2.81. The summed E-state index contributed by atoms with van der Waals surface area (Å²) >= 11 is 5.95. The van der Waals surface area contributed by atoms with Crippen molar-refractivity contribution in [1.29, 1.82) is 0 Å². The van der Waals surface area contributed by atoms with Crippen molar-refractivity contribution in [2.75, 3.05) is 25.1 Å². The Morgan fingerprint density at radius 2 is 2.39 bits per heavy atom. The molecule has 98 valence electrons. The number of carboxylic acids is 1. The topological polar surface area (TPSA) is 49.8 Å². The molecule has 0 saturated carbocycles. The van der Waals surface area contributed by atoms with Gasteiger partial charge in [0.15, 0.2) is 0 Å². The summed E-state index contributed by atoms with van der Waals surface area (Å²) < 4.78 is 5.57. The van der Waals surface area contributed by atoms with Crippen LogP contribution in [0.15, 0.2) is 18.2 Å². The molecule has 4 nitrogen and oxygen atoms in total. The van der Waals surface area contributed by atoms with Crippen LogP contribution < -0.4 is 4.90 Å². The second-order valence-corrected chi connectivity index (χ2v) is 4.89. The van der Waals surface area contributed by atoms with Crippen molar-refractivity contribution in [2.45, 2.75) is 18.9 Å². The number of rotatable bonds is 4. The van der Waals surface area contributed by atoms with Crippen molar-refractivity contribution in [3.8, 4) is 0 Å². The van der Waals surface area contributed by atoms with Crippen LogP contribution in [-0.2, 0) is 4.74 Å². The second kappa shape index (κ2) is 5.59. The molecule has 2 rings (SSSR count). The van der Waals surface area contributed by atoms with Gasteiger partial charge in [0.25, 0.3) is 0 Å². The first kappa shape index (κ1) is 13.2. The van der Waals surface area contributed by atoms with Crippen molar-refractivity contribution in [3.63, 3.8) is 0 Å². The van der Waals surface area contributed by atoms with Gasteiger partial charge in [0, 0.05) is 25.9 Å². The number of benzene rings is 1. The van der Waals surface area contributed by atoms with Crippen LogP contribution in [0.5, 0.6) is 0 Å². The van der Waals surface area contributed by atoms with E-state index < -0.39 is 5.97 Å². The van der Waals surface area contributed by atoms with Crippen LogP contribution in [0.3, 0.4) is 0 Å². The van der Waals surface area contributed by atoms with Crippen LogP contribution in [-0.4, -0.2) is 37.4 Å². The first-order chi connectivity index (χ1) is 8.58. The molecule has 1 heterocycles.